The molecule has 4 heteroatoms. The Morgan fingerprint density at radius 2 is 2.36 bits per heavy atom. The predicted octanol–water partition coefficient (Wildman–Crippen LogP) is 2.26. The predicted molar refractivity (Wildman–Crippen MR) is 57.0 cm³/mol. The summed E-state index contributed by atoms with van der Waals surface area (Å²) in [5.41, 5.74) is 0.696. The molecule has 0 unspecified atom stereocenters. The van der Waals surface area contributed by atoms with Crippen LogP contribution in [-0.4, -0.2) is 18.4 Å². The molecule has 0 atom stereocenters. The lowest BCUT2D eigenvalue weighted by molar-refractivity contribution is -0.113. The fourth-order valence-corrected chi connectivity index (χ4v) is 1.09. The second-order valence-electron chi connectivity index (χ2n) is 2.64. The van der Waals surface area contributed by atoms with E-state index in [1.54, 1.807) is 12.1 Å². The summed E-state index contributed by atoms with van der Waals surface area (Å²) in [6, 6.07) is 7.19. The van der Waals surface area contributed by atoms with Gasteiger partial charge < -0.3 is 10.1 Å². The molecule has 76 valence electrons. The van der Waals surface area contributed by atoms with Crippen molar-refractivity contribution >= 4 is 23.2 Å². The summed E-state index contributed by atoms with van der Waals surface area (Å²) < 4.78 is 5.28. The summed E-state index contributed by atoms with van der Waals surface area (Å²) in [4.78, 5) is 11.0. The van der Waals surface area contributed by atoms with Gasteiger partial charge >= 0.3 is 0 Å². The number of rotatable bonds is 4. The lowest BCUT2D eigenvalue weighted by Gasteiger charge is -2.06. The highest BCUT2D eigenvalue weighted by Crippen LogP contribution is 2.17. The van der Waals surface area contributed by atoms with E-state index in [9.17, 15) is 4.79 Å². The number of carbonyl (C=O) groups excluding carboxylic acids is 1. The monoisotopic (exact) mass is 213 g/mol. The number of carbonyl (C=O) groups is 1. The zero-order chi connectivity index (χ0) is 10.4. The summed E-state index contributed by atoms with van der Waals surface area (Å²) in [7, 11) is 0. The number of ether oxygens (including phenoxy) is 1. The minimum atomic E-state index is -0.222. The third-order valence-corrected chi connectivity index (χ3v) is 1.79. The molecule has 1 N–H and O–H groups in total. The van der Waals surface area contributed by atoms with E-state index < -0.39 is 0 Å². The first-order chi connectivity index (χ1) is 6.76. The Bertz CT molecular complexity index is 315. The Hall–Kier alpha value is -1.22. The van der Waals surface area contributed by atoms with Gasteiger partial charge in [-0.15, -0.1) is 11.6 Å². The van der Waals surface area contributed by atoms with Gasteiger partial charge in [0.15, 0.2) is 0 Å². The maximum Gasteiger partial charge on any atom is 0.239 e. The van der Waals surface area contributed by atoms with Crippen molar-refractivity contribution in [2.75, 3.05) is 17.8 Å². The van der Waals surface area contributed by atoms with Crippen molar-refractivity contribution in [3.05, 3.63) is 24.3 Å². The SMILES string of the molecule is CCOc1cccc(NC(=O)CCl)c1. The van der Waals surface area contributed by atoms with Crippen LogP contribution in [0, 0.1) is 0 Å². The first-order valence-electron chi connectivity index (χ1n) is 4.35. The Morgan fingerprint density at radius 1 is 1.57 bits per heavy atom. The van der Waals surface area contributed by atoms with Gasteiger partial charge in [0.2, 0.25) is 5.91 Å². The van der Waals surface area contributed by atoms with E-state index >= 15 is 0 Å². The molecule has 0 aliphatic carbocycles. The number of hydrogen-bond acceptors (Lipinski definition) is 2. The van der Waals surface area contributed by atoms with Gasteiger partial charge in [0.05, 0.1) is 6.61 Å². The highest BCUT2D eigenvalue weighted by molar-refractivity contribution is 6.29. The van der Waals surface area contributed by atoms with Crippen LogP contribution in [0.5, 0.6) is 5.75 Å². The van der Waals surface area contributed by atoms with Gasteiger partial charge in [0, 0.05) is 11.8 Å². The number of hydrogen-bond donors (Lipinski definition) is 1. The minimum absolute atomic E-state index is 0.0428. The Morgan fingerprint density at radius 3 is 3.00 bits per heavy atom. The maximum absolute atomic E-state index is 11.0. The summed E-state index contributed by atoms with van der Waals surface area (Å²) in [6.45, 7) is 2.51. The molecule has 0 saturated carbocycles. The summed E-state index contributed by atoms with van der Waals surface area (Å²) in [5.74, 6) is 0.471. The average molecular weight is 214 g/mol. The van der Waals surface area contributed by atoms with Gasteiger partial charge in [0.25, 0.3) is 0 Å². The third kappa shape index (κ3) is 3.26. The van der Waals surface area contributed by atoms with Crippen LogP contribution in [0.1, 0.15) is 6.92 Å². The van der Waals surface area contributed by atoms with Crippen LogP contribution in [0.15, 0.2) is 24.3 Å². The van der Waals surface area contributed by atoms with E-state index in [0.29, 0.717) is 12.3 Å². The molecule has 0 radical (unpaired) electrons. The Balaban J connectivity index is 2.68. The topological polar surface area (TPSA) is 38.3 Å². The van der Waals surface area contributed by atoms with Gasteiger partial charge in [-0.1, -0.05) is 6.07 Å². The first-order valence-corrected chi connectivity index (χ1v) is 4.88. The van der Waals surface area contributed by atoms with E-state index in [-0.39, 0.29) is 11.8 Å². The molecule has 1 aromatic rings. The van der Waals surface area contributed by atoms with E-state index in [2.05, 4.69) is 5.32 Å². The number of benzene rings is 1. The van der Waals surface area contributed by atoms with E-state index in [0.717, 1.165) is 5.75 Å². The lowest BCUT2D eigenvalue weighted by atomic mass is 10.3. The van der Waals surface area contributed by atoms with Gasteiger partial charge in [0.1, 0.15) is 11.6 Å². The number of alkyl halides is 1. The number of halogens is 1. The third-order valence-electron chi connectivity index (χ3n) is 1.55. The van der Waals surface area contributed by atoms with Crippen molar-refractivity contribution in [1.82, 2.24) is 0 Å². The molecule has 0 saturated heterocycles. The van der Waals surface area contributed by atoms with Crippen molar-refractivity contribution in [1.29, 1.82) is 0 Å². The van der Waals surface area contributed by atoms with Crippen molar-refractivity contribution in [2.45, 2.75) is 6.92 Å². The fourth-order valence-electron chi connectivity index (χ4n) is 1.02. The van der Waals surface area contributed by atoms with Gasteiger partial charge in [-0.05, 0) is 19.1 Å². The normalized spacial score (nSPS) is 9.57. The van der Waals surface area contributed by atoms with Crippen LogP contribution < -0.4 is 10.1 Å². The van der Waals surface area contributed by atoms with E-state index in [1.165, 1.54) is 0 Å². The van der Waals surface area contributed by atoms with Crippen molar-refractivity contribution in [3.8, 4) is 5.75 Å². The molecule has 14 heavy (non-hydrogen) atoms. The molecule has 0 aliphatic heterocycles. The summed E-state index contributed by atoms with van der Waals surface area (Å²) in [6.07, 6.45) is 0. The first kappa shape index (κ1) is 10.9. The van der Waals surface area contributed by atoms with Crippen LogP contribution in [0.3, 0.4) is 0 Å². The van der Waals surface area contributed by atoms with Crippen molar-refractivity contribution < 1.29 is 9.53 Å². The van der Waals surface area contributed by atoms with Crippen molar-refractivity contribution in [3.63, 3.8) is 0 Å². The molecule has 0 bridgehead atoms. The quantitative estimate of drug-likeness (QED) is 0.780. The molecule has 1 aromatic carbocycles. The van der Waals surface area contributed by atoms with Crippen LogP contribution in [0.2, 0.25) is 0 Å². The molecular weight excluding hydrogens is 202 g/mol. The molecule has 0 spiro atoms. The number of nitrogens with one attached hydrogen (secondary N) is 1. The number of anilines is 1. The van der Waals surface area contributed by atoms with Crippen LogP contribution in [0.25, 0.3) is 0 Å². The van der Waals surface area contributed by atoms with Crippen LogP contribution >= 0.6 is 11.6 Å². The fraction of sp³-hybridized carbons (Fsp3) is 0.300. The molecule has 0 heterocycles. The van der Waals surface area contributed by atoms with Crippen LogP contribution in [-0.2, 0) is 4.79 Å². The zero-order valence-electron chi connectivity index (χ0n) is 7.92. The molecule has 0 aromatic heterocycles. The van der Waals surface area contributed by atoms with Gasteiger partial charge in [-0.2, -0.15) is 0 Å². The lowest BCUT2D eigenvalue weighted by Crippen LogP contribution is -2.12. The van der Waals surface area contributed by atoms with E-state index in [4.69, 9.17) is 16.3 Å². The summed E-state index contributed by atoms with van der Waals surface area (Å²) in [5, 5.41) is 2.64. The largest absolute Gasteiger partial charge is 0.494 e. The second-order valence-corrected chi connectivity index (χ2v) is 2.91. The molecule has 1 amide bonds. The van der Waals surface area contributed by atoms with Gasteiger partial charge in [-0.3, -0.25) is 4.79 Å². The van der Waals surface area contributed by atoms with E-state index in [1.807, 2.05) is 19.1 Å². The highest BCUT2D eigenvalue weighted by atomic mass is 35.5. The molecule has 0 fully saturated rings. The molecule has 1 rings (SSSR count). The minimum Gasteiger partial charge on any atom is -0.494 e. The molecule has 0 aliphatic rings. The molecule has 3 nitrogen and oxygen atoms in total. The second kappa shape index (κ2) is 5.50. The summed E-state index contributed by atoms with van der Waals surface area (Å²) >= 11 is 5.36. The zero-order valence-corrected chi connectivity index (χ0v) is 8.67. The maximum atomic E-state index is 11.0. The average Bonchev–Trinajstić information content (AvgIpc) is 2.19. The Labute approximate surface area is 88.0 Å². The van der Waals surface area contributed by atoms with Gasteiger partial charge in [-0.25, -0.2) is 0 Å². The highest BCUT2D eigenvalue weighted by Gasteiger charge is 2.00. The Kier molecular flexibility index (Phi) is 4.26. The van der Waals surface area contributed by atoms with Crippen LogP contribution in [0.4, 0.5) is 5.69 Å². The standard InChI is InChI=1S/C10H12ClNO2/c1-2-14-9-5-3-4-8(6-9)12-10(13)7-11/h3-6H,2,7H2,1H3,(H,12,13). The molecular formula is C10H12ClNO2. The van der Waals surface area contributed by atoms with Crippen molar-refractivity contribution in [2.24, 2.45) is 0 Å². The smallest absolute Gasteiger partial charge is 0.239 e. The number of amides is 1.